The monoisotopic (exact) mass is 231 g/mol. The molecule has 1 aliphatic heterocycles. The van der Waals surface area contributed by atoms with Crippen molar-refractivity contribution in [2.24, 2.45) is 0 Å². The van der Waals surface area contributed by atoms with Crippen molar-refractivity contribution in [1.82, 2.24) is 4.90 Å². The molecule has 1 aliphatic rings. The summed E-state index contributed by atoms with van der Waals surface area (Å²) in [6, 6.07) is 3.90. The van der Waals surface area contributed by atoms with Gasteiger partial charge in [-0.3, -0.25) is 14.5 Å². The number of hydrogen-bond acceptors (Lipinski definition) is 3. The van der Waals surface area contributed by atoms with Crippen molar-refractivity contribution >= 4 is 17.8 Å². The van der Waals surface area contributed by atoms with Gasteiger partial charge in [0.2, 0.25) is 0 Å². The fourth-order valence-electron chi connectivity index (χ4n) is 1.72. The molecule has 1 N–H and O–H groups in total. The van der Waals surface area contributed by atoms with Gasteiger partial charge in [0.1, 0.15) is 0 Å². The van der Waals surface area contributed by atoms with Gasteiger partial charge in [0.25, 0.3) is 11.8 Å². The zero-order valence-corrected chi connectivity index (χ0v) is 8.84. The lowest BCUT2D eigenvalue weighted by molar-refractivity contribution is 0.0669. The van der Waals surface area contributed by atoms with Gasteiger partial charge in [-0.1, -0.05) is 6.08 Å². The first kappa shape index (κ1) is 11.1. The summed E-state index contributed by atoms with van der Waals surface area (Å²) in [6.07, 6.45) is 1.44. The zero-order chi connectivity index (χ0) is 12.6. The molecule has 2 amide bonds. The maximum absolute atomic E-state index is 11.8. The smallest absolute Gasteiger partial charge is 0.335 e. The number of aromatic carboxylic acids is 1. The summed E-state index contributed by atoms with van der Waals surface area (Å²) in [4.78, 5) is 35.4. The number of carbonyl (C=O) groups excluding carboxylic acids is 2. The third-order valence-electron chi connectivity index (χ3n) is 2.53. The SMILES string of the molecule is C=CCN1C(=O)c2ccc(C(=O)O)cc2C1=O. The highest BCUT2D eigenvalue weighted by Crippen LogP contribution is 2.23. The van der Waals surface area contributed by atoms with E-state index < -0.39 is 17.8 Å². The van der Waals surface area contributed by atoms with E-state index in [4.69, 9.17) is 5.11 Å². The first-order valence-corrected chi connectivity index (χ1v) is 4.90. The van der Waals surface area contributed by atoms with E-state index in [1.165, 1.54) is 24.3 Å². The van der Waals surface area contributed by atoms with Crippen LogP contribution in [0.15, 0.2) is 30.9 Å². The average Bonchev–Trinajstić information content (AvgIpc) is 2.54. The van der Waals surface area contributed by atoms with Crippen LogP contribution in [0.1, 0.15) is 31.1 Å². The molecule has 2 rings (SSSR count). The Balaban J connectivity index is 2.50. The minimum absolute atomic E-state index is 0.00893. The molecule has 17 heavy (non-hydrogen) atoms. The van der Waals surface area contributed by atoms with Gasteiger partial charge in [0.05, 0.1) is 16.7 Å². The highest BCUT2D eigenvalue weighted by Gasteiger charge is 2.35. The summed E-state index contributed by atoms with van der Waals surface area (Å²) in [7, 11) is 0. The van der Waals surface area contributed by atoms with Crippen LogP contribution in [0.4, 0.5) is 0 Å². The fraction of sp³-hybridized carbons (Fsp3) is 0.0833. The first-order chi connectivity index (χ1) is 8.06. The Hall–Kier alpha value is -2.43. The van der Waals surface area contributed by atoms with E-state index in [2.05, 4.69) is 6.58 Å². The van der Waals surface area contributed by atoms with Crippen molar-refractivity contribution in [1.29, 1.82) is 0 Å². The topological polar surface area (TPSA) is 74.7 Å². The zero-order valence-electron chi connectivity index (χ0n) is 8.84. The third-order valence-corrected chi connectivity index (χ3v) is 2.53. The highest BCUT2D eigenvalue weighted by molar-refractivity contribution is 6.22. The Kier molecular flexibility index (Phi) is 2.51. The molecular weight excluding hydrogens is 222 g/mol. The lowest BCUT2D eigenvalue weighted by Crippen LogP contribution is -2.29. The van der Waals surface area contributed by atoms with E-state index in [0.717, 1.165) is 4.90 Å². The Labute approximate surface area is 97.0 Å². The minimum Gasteiger partial charge on any atom is -0.478 e. The van der Waals surface area contributed by atoms with Crippen LogP contribution in [0.5, 0.6) is 0 Å². The van der Waals surface area contributed by atoms with Crippen LogP contribution in [-0.4, -0.2) is 34.3 Å². The molecule has 0 radical (unpaired) electrons. The molecule has 0 aliphatic carbocycles. The van der Waals surface area contributed by atoms with E-state index >= 15 is 0 Å². The van der Waals surface area contributed by atoms with Crippen LogP contribution in [0.25, 0.3) is 0 Å². The summed E-state index contributed by atoms with van der Waals surface area (Å²) in [5, 5.41) is 8.81. The molecule has 0 saturated carbocycles. The molecule has 5 nitrogen and oxygen atoms in total. The number of carbonyl (C=O) groups is 3. The highest BCUT2D eigenvalue weighted by atomic mass is 16.4. The molecule has 0 atom stereocenters. The van der Waals surface area contributed by atoms with Gasteiger partial charge in [-0.25, -0.2) is 4.79 Å². The predicted molar refractivity (Wildman–Crippen MR) is 59.0 cm³/mol. The number of carboxylic acid groups (broad SMARTS) is 1. The molecule has 0 spiro atoms. The predicted octanol–water partition coefficient (Wildman–Crippen LogP) is 1.17. The molecule has 0 unspecified atom stereocenters. The van der Waals surface area contributed by atoms with Crippen LogP contribution in [0.2, 0.25) is 0 Å². The maximum Gasteiger partial charge on any atom is 0.335 e. The molecule has 0 bridgehead atoms. The molecular formula is C12H9NO4. The van der Waals surface area contributed by atoms with Gasteiger partial charge in [0.15, 0.2) is 0 Å². The Morgan fingerprint density at radius 1 is 1.29 bits per heavy atom. The third kappa shape index (κ3) is 1.61. The van der Waals surface area contributed by atoms with E-state index in [1.807, 2.05) is 0 Å². The lowest BCUT2D eigenvalue weighted by atomic mass is 10.1. The van der Waals surface area contributed by atoms with Crippen molar-refractivity contribution in [2.75, 3.05) is 6.54 Å². The summed E-state index contributed by atoms with van der Waals surface area (Å²) in [5.41, 5.74) is 0.365. The van der Waals surface area contributed by atoms with Gasteiger partial charge in [-0.05, 0) is 18.2 Å². The van der Waals surface area contributed by atoms with Crippen LogP contribution >= 0.6 is 0 Å². The Morgan fingerprint density at radius 3 is 2.53 bits per heavy atom. The van der Waals surface area contributed by atoms with Gasteiger partial charge >= 0.3 is 5.97 Å². The number of benzene rings is 1. The number of hydrogen-bond donors (Lipinski definition) is 1. The van der Waals surface area contributed by atoms with Crippen molar-refractivity contribution < 1.29 is 19.5 Å². The summed E-state index contributed by atoms with van der Waals surface area (Å²) in [6.45, 7) is 3.58. The van der Waals surface area contributed by atoms with Crippen molar-refractivity contribution in [3.8, 4) is 0 Å². The standard InChI is InChI=1S/C12H9NO4/c1-2-5-13-10(14)8-4-3-7(12(16)17)6-9(8)11(13)15/h2-4,6H,1,5H2,(H,16,17). The van der Waals surface area contributed by atoms with Crippen LogP contribution in [0, 0.1) is 0 Å². The summed E-state index contributed by atoms with van der Waals surface area (Å²) < 4.78 is 0. The molecule has 86 valence electrons. The second-order valence-electron chi connectivity index (χ2n) is 3.58. The van der Waals surface area contributed by atoms with Crippen LogP contribution in [-0.2, 0) is 0 Å². The second kappa shape index (κ2) is 3.86. The van der Waals surface area contributed by atoms with Crippen molar-refractivity contribution in [3.05, 3.63) is 47.5 Å². The van der Waals surface area contributed by atoms with E-state index in [0.29, 0.717) is 0 Å². The van der Waals surface area contributed by atoms with E-state index in [1.54, 1.807) is 0 Å². The first-order valence-electron chi connectivity index (χ1n) is 4.90. The number of fused-ring (bicyclic) bond motifs is 1. The Morgan fingerprint density at radius 2 is 1.94 bits per heavy atom. The van der Waals surface area contributed by atoms with Gasteiger partial charge < -0.3 is 5.11 Å². The van der Waals surface area contributed by atoms with E-state index in [-0.39, 0.29) is 23.2 Å². The molecule has 1 aromatic rings. The van der Waals surface area contributed by atoms with E-state index in [9.17, 15) is 14.4 Å². The fourth-order valence-corrected chi connectivity index (χ4v) is 1.72. The average molecular weight is 231 g/mol. The second-order valence-corrected chi connectivity index (χ2v) is 3.58. The molecule has 1 heterocycles. The largest absolute Gasteiger partial charge is 0.478 e. The van der Waals surface area contributed by atoms with Gasteiger partial charge in [-0.15, -0.1) is 6.58 Å². The molecule has 0 saturated heterocycles. The molecule has 0 fully saturated rings. The van der Waals surface area contributed by atoms with Gasteiger partial charge in [-0.2, -0.15) is 0 Å². The summed E-state index contributed by atoms with van der Waals surface area (Å²) >= 11 is 0. The number of amides is 2. The number of nitrogens with zero attached hydrogens (tertiary/aromatic N) is 1. The number of imide groups is 1. The molecule has 0 aromatic heterocycles. The van der Waals surface area contributed by atoms with Crippen LogP contribution in [0.3, 0.4) is 0 Å². The minimum atomic E-state index is -1.13. The maximum atomic E-state index is 11.8. The normalized spacial score (nSPS) is 13.8. The quantitative estimate of drug-likeness (QED) is 0.625. The lowest BCUT2D eigenvalue weighted by Gasteiger charge is -2.09. The van der Waals surface area contributed by atoms with Crippen LogP contribution < -0.4 is 0 Å². The van der Waals surface area contributed by atoms with Crippen molar-refractivity contribution in [3.63, 3.8) is 0 Å². The molecule has 1 aromatic carbocycles. The number of carboxylic acids is 1. The number of rotatable bonds is 3. The molecule has 5 heteroatoms. The summed E-state index contributed by atoms with van der Waals surface area (Å²) in [5.74, 6) is -2.02. The van der Waals surface area contributed by atoms with Crippen molar-refractivity contribution in [2.45, 2.75) is 0 Å². The Bertz CT molecular complexity index is 547. The van der Waals surface area contributed by atoms with Gasteiger partial charge in [0, 0.05) is 6.54 Å².